The van der Waals surface area contributed by atoms with Gasteiger partial charge in [0.15, 0.2) is 5.69 Å². The standard InChI is InChI=1S/C27H22N4O4/c1-30(20-13-9-18(17-28)10-14-20)21-15-11-19(12-16-21)24-23(26(32)34-2)25(27(33)35-3)31(29-24)22-7-5-4-6-8-22/h4-16H,1-3H3. The second-order valence-electron chi connectivity index (χ2n) is 7.57. The molecule has 0 saturated heterocycles. The van der Waals surface area contributed by atoms with Crippen LogP contribution in [0.5, 0.6) is 0 Å². The van der Waals surface area contributed by atoms with E-state index in [0.717, 1.165) is 11.4 Å². The highest BCUT2D eigenvalue weighted by Gasteiger charge is 2.31. The third-order valence-corrected chi connectivity index (χ3v) is 5.57. The number of anilines is 2. The van der Waals surface area contributed by atoms with Gasteiger partial charge in [-0.25, -0.2) is 14.3 Å². The summed E-state index contributed by atoms with van der Waals surface area (Å²) in [5, 5.41) is 13.6. The molecule has 4 aromatic rings. The summed E-state index contributed by atoms with van der Waals surface area (Å²) in [6.45, 7) is 0. The largest absolute Gasteiger partial charge is 0.465 e. The molecule has 35 heavy (non-hydrogen) atoms. The third-order valence-electron chi connectivity index (χ3n) is 5.57. The molecular formula is C27H22N4O4. The number of ether oxygens (including phenoxy) is 2. The summed E-state index contributed by atoms with van der Waals surface area (Å²) in [6.07, 6.45) is 0. The first-order valence-corrected chi connectivity index (χ1v) is 10.7. The molecule has 0 fully saturated rings. The van der Waals surface area contributed by atoms with Gasteiger partial charge in [-0.05, 0) is 48.5 Å². The number of para-hydroxylation sites is 1. The maximum atomic E-state index is 12.8. The van der Waals surface area contributed by atoms with Gasteiger partial charge in [-0.1, -0.05) is 30.3 Å². The van der Waals surface area contributed by atoms with E-state index in [0.29, 0.717) is 22.5 Å². The molecule has 8 nitrogen and oxygen atoms in total. The van der Waals surface area contributed by atoms with Crippen LogP contribution in [0.15, 0.2) is 78.9 Å². The summed E-state index contributed by atoms with van der Waals surface area (Å²) in [6, 6.07) is 25.8. The van der Waals surface area contributed by atoms with Crippen molar-refractivity contribution in [1.82, 2.24) is 9.78 Å². The summed E-state index contributed by atoms with van der Waals surface area (Å²) < 4.78 is 11.3. The first kappa shape index (κ1) is 23.3. The normalized spacial score (nSPS) is 10.3. The number of carbonyl (C=O) groups excluding carboxylic acids is 2. The van der Waals surface area contributed by atoms with E-state index < -0.39 is 11.9 Å². The second-order valence-corrected chi connectivity index (χ2v) is 7.57. The number of rotatable bonds is 6. The van der Waals surface area contributed by atoms with Crippen LogP contribution in [0.4, 0.5) is 11.4 Å². The molecule has 0 bridgehead atoms. The topological polar surface area (TPSA) is 97.5 Å². The summed E-state index contributed by atoms with van der Waals surface area (Å²) >= 11 is 0. The highest BCUT2D eigenvalue weighted by atomic mass is 16.5. The van der Waals surface area contributed by atoms with E-state index in [1.54, 1.807) is 24.3 Å². The SMILES string of the molecule is COC(=O)c1c(-c2ccc(N(C)c3ccc(C#N)cc3)cc2)nn(-c2ccccc2)c1C(=O)OC. The monoisotopic (exact) mass is 466 g/mol. The van der Waals surface area contributed by atoms with Crippen molar-refractivity contribution < 1.29 is 19.1 Å². The van der Waals surface area contributed by atoms with Crippen molar-refractivity contribution in [3.63, 3.8) is 0 Å². The maximum absolute atomic E-state index is 12.8. The summed E-state index contributed by atoms with van der Waals surface area (Å²) in [5.74, 6) is -1.40. The molecule has 4 rings (SSSR count). The fourth-order valence-corrected chi connectivity index (χ4v) is 3.71. The molecule has 1 heterocycles. The van der Waals surface area contributed by atoms with Gasteiger partial charge in [-0.3, -0.25) is 0 Å². The summed E-state index contributed by atoms with van der Waals surface area (Å²) in [5.41, 5.74) is 3.92. The van der Waals surface area contributed by atoms with E-state index in [1.165, 1.54) is 18.9 Å². The number of nitriles is 1. The van der Waals surface area contributed by atoms with Crippen LogP contribution < -0.4 is 4.90 Å². The molecule has 0 aliphatic heterocycles. The summed E-state index contributed by atoms with van der Waals surface area (Å²) in [4.78, 5) is 27.5. The van der Waals surface area contributed by atoms with Crippen LogP contribution in [0.25, 0.3) is 16.9 Å². The molecule has 0 N–H and O–H groups in total. The van der Waals surface area contributed by atoms with Crippen LogP contribution in [-0.4, -0.2) is 43.0 Å². The van der Waals surface area contributed by atoms with E-state index in [9.17, 15) is 9.59 Å². The van der Waals surface area contributed by atoms with Crippen molar-refractivity contribution in [2.24, 2.45) is 0 Å². The average Bonchev–Trinajstić information content (AvgIpc) is 3.33. The van der Waals surface area contributed by atoms with Gasteiger partial charge in [-0.2, -0.15) is 10.4 Å². The van der Waals surface area contributed by atoms with E-state index in [-0.39, 0.29) is 11.3 Å². The molecule has 0 atom stereocenters. The number of benzene rings is 3. The van der Waals surface area contributed by atoms with Gasteiger partial charge in [0.2, 0.25) is 0 Å². The van der Waals surface area contributed by atoms with Gasteiger partial charge in [0.1, 0.15) is 11.3 Å². The first-order valence-electron chi connectivity index (χ1n) is 10.7. The zero-order valence-corrected chi connectivity index (χ0v) is 19.4. The van der Waals surface area contributed by atoms with Crippen LogP contribution in [-0.2, 0) is 9.47 Å². The number of carbonyl (C=O) groups is 2. The van der Waals surface area contributed by atoms with Gasteiger partial charge < -0.3 is 14.4 Å². The molecule has 0 unspecified atom stereocenters. The smallest absolute Gasteiger partial charge is 0.357 e. The number of nitrogens with zero attached hydrogens (tertiary/aromatic N) is 4. The lowest BCUT2D eigenvalue weighted by Gasteiger charge is -2.19. The Morgan fingerprint density at radius 1 is 0.857 bits per heavy atom. The van der Waals surface area contributed by atoms with Crippen molar-refractivity contribution in [3.05, 3.63) is 95.7 Å². The number of methoxy groups -OCH3 is 2. The second kappa shape index (κ2) is 9.93. The van der Waals surface area contributed by atoms with Crippen LogP contribution in [0.1, 0.15) is 26.4 Å². The van der Waals surface area contributed by atoms with Crippen LogP contribution in [0.3, 0.4) is 0 Å². The lowest BCUT2D eigenvalue weighted by atomic mass is 10.0. The van der Waals surface area contributed by atoms with Gasteiger partial charge in [0, 0.05) is 24.0 Å². The van der Waals surface area contributed by atoms with Crippen LogP contribution >= 0.6 is 0 Å². The molecule has 0 aliphatic carbocycles. The number of hydrogen-bond acceptors (Lipinski definition) is 7. The predicted octanol–water partition coefficient (Wildman–Crippen LogP) is 4.75. The Morgan fingerprint density at radius 2 is 1.43 bits per heavy atom. The highest BCUT2D eigenvalue weighted by Crippen LogP contribution is 2.31. The lowest BCUT2D eigenvalue weighted by Crippen LogP contribution is -2.15. The Morgan fingerprint density at radius 3 is 1.97 bits per heavy atom. The molecular weight excluding hydrogens is 444 g/mol. The third kappa shape index (κ3) is 4.48. The molecule has 8 heteroatoms. The van der Waals surface area contributed by atoms with Crippen LogP contribution in [0.2, 0.25) is 0 Å². The molecule has 1 aromatic heterocycles. The molecule has 0 radical (unpaired) electrons. The number of hydrogen-bond donors (Lipinski definition) is 0. The van der Waals surface area contributed by atoms with E-state index in [1.807, 2.05) is 66.5 Å². The maximum Gasteiger partial charge on any atom is 0.357 e. The molecule has 0 aliphatic rings. The average molecular weight is 466 g/mol. The number of esters is 2. The minimum absolute atomic E-state index is 0.0145. The zero-order chi connectivity index (χ0) is 24.9. The van der Waals surface area contributed by atoms with Crippen molar-refractivity contribution in [2.75, 3.05) is 26.2 Å². The zero-order valence-electron chi connectivity index (χ0n) is 19.4. The Kier molecular flexibility index (Phi) is 6.60. The Balaban J connectivity index is 1.80. The van der Waals surface area contributed by atoms with Gasteiger partial charge in [0.05, 0.1) is 31.5 Å². The summed E-state index contributed by atoms with van der Waals surface area (Å²) in [7, 11) is 4.41. The van der Waals surface area contributed by atoms with E-state index >= 15 is 0 Å². The van der Waals surface area contributed by atoms with E-state index in [4.69, 9.17) is 14.7 Å². The number of aromatic nitrogens is 2. The van der Waals surface area contributed by atoms with Gasteiger partial charge in [0.25, 0.3) is 0 Å². The first-order chi connectivity index (χ1) is 17.0. The fourth-order valence-electron chi connectivity index (χ4n) is 3.71. The minimum Gasteiger partial charge on any atom is -0.465 e. The van der Waals surface area contributed by atoms with Gasteiger partial charge in [-0.15, -0.1) is 0 Å². The molecule has 0 saturated carbocycles. The highest BCUT2D eigenvalue weighted by molar-refractivity contribution is 6.06. The van der Waals surface area contributed by atoms with Crippen molar-refractivity contribution in [2.45, 2.75) is 0 Å². The fraction of sp³-hybridized carbons (Fsp3) is 0.111. The Bertz CT molecular complexity index is 1400. The lowest BCUT2D eigenvalue weighted by molar-refractivity contribution is 0.0549. The predicted molar refractivity (Wildman–Crippen MR) is 131 cm³/mol. The molecule has 0 spiro atoms. The minimum atomic E-state index is -0.704. The van der Waals surface area contributed by atoms with Crippen LogP contribution in [0, 0.1) is 11.3 Å². The molecule has 3 aromatic carbocycles. The van der Waals surface area contributed by atoms with Gasteiger partial charge >= 0.3 is 11.9 Å². The molecule has 174 valence electrons. The van der Waals surface area contributed by atoms with Crippen molar-refractivity contribution >= 4 is 23.3 Å². The van der Waals surface area contributed by atoms with Crippen molar-refractivity contribution in [3.8, 4) is 23.0 Å². The van der Waals surface area contributed by atoms with Crippen molar-refractivity contribution in [1.29, 1.82) is 5.26 Å². The Hall–Kier alpha value is -4.90. The Labute approximate surface area is 202 Å². The quantitative estimate of drug-likeness (QED) is 0.378. The van der Waals surface area contributed by atoms with E-state index in [2.05, 4.69) is 11.2 Å². The molecule has 0 amide bonds.